The Hall–Kier alpha value is -3.15. The zero-order chi connectivity index (χ0) is 18.7. The maximum atomic E-state index is 12.9. The molecule has 1 fully saturated rings. The van der Waals surface area contributed by atoms with Crippen LogP contribution in [0.2, 0.25) is 0 Å². The van der Waals surface area contributed by atoms with Crippen LogP contribution in [0.3, 0.4) is 0 Å². The predicted octanol–water partition coefficient (Wildman–Crippen LogP) is 3.62. The molecule has 1 heterocycles. The molecule has 0 bridgehead atoms. The van der Waals surface area contributed by atoms with E-state index in [9.17, 15) is 14.0 Å². The fourth-order valence-electron chi connectivity index (χ4n) is 2.35. The summed E-state index contributed by atoms with van der Waals surface area (Å²) in [7, 11) is 0. The van der Waals surface area contributed by atoms with Crippen LogP contribution in [0.25, 0.3) is 6.08 Å². The first-order valence-corrected chi connectivity index (χ1v) is 7.98. The van der Waals surface area contributed by atoms with E-state index in [1.54, 1.807) is 36.4 Å². The third-order valence-electron chi connectivity index (χ3n) is 3.63. The second-order valence-electron chi connectivity index (χ2n) is 6.22. The van der Waals surface area contributed by atoms with Crippen LogP contribution in [0.5, 0.6) is 5.75 Å². The van der Waals surface area contributed by atoms with E-state index in [0.29, 0.717) is 17.9 Å². The van der Waals surface area contributed by atoms with Gasteiger partial charge in [-0.1, -0.05) is 24.3 Å². The summed E-state index contributed by atoms with van der Waals surface area (Å²) in [5.41, 5.74) is 1.31. The molecular weight excluding hydrogens is 339 g/mol. The smallest absolute Gasteiger partial charge is 0.348 e. The van der Waals surface area contributed by atoms with Gasteiger partial charge in [-0.2, -0.15) is 0 Å². The summed E-state index contributed by atoms with van der Waals surface area (Å²) in [6.07, 6.45) is 1.41. The predicted molar refractivity (Wildman–Crippen MR) is 91.4 cm³/mol. The maximum absolute atomic E-state index is 12.9. The lowest BCUT2D eigenvalue weighted by atomic mass is 10.1. The maximum Gasteiger partial charge on any atom is 0.348 e. The van der Waals surface area contributed by atoms with Crippen molar-refractivity contribution in [1.29, 1.82) is 0 Å². The average molecular weight is 356 g/mol. The fraction of sp³-hybridized carbons (Fsp3) is 0.200. The van der Waals surface area contributed by atoms with Crippen molar-refractivity contribution in [3.8, 4) is 5.75 Å². The molecule has 0 saturated carbocycles. The molecule has 5 nitrogen and oxygen atoms in total. The molecule has 2 aromatic rings. The topological polar surface area (TPSA) is 61.8 Å². The standard InChI is InChI=1S/C20H17FO5/c1-20(2)25-18(22)17(19(23)26-20)11-13-5-9-16(10-6-13)24-12-14-3-7-15(21)8-4-14/h3-11H,12H2,1-2H3. The quantitative estimate of drug-likeness (QED) is 0.476. The van der Waals surface area contributed by atoms with Crippen molar-refractivity contribution in [2.75, 3.05) is 0 Å². The summed E-state index contributed by atoms with van der Waals surface area (Å²) in [6, 6.07) is 12.9. The zero-order valence-electron chi connectivity index (χ0n) is 14.3. The van der Waals surface area contributed by atoms with Crippen LogP contribution in [-0.2, 0) is 25.7 Å². The minimum absolute atomic E-state index is 0.163. The largest absolute Gasteiger partial charge is 0.489 e. The molecule has 2 aromatic carbocycles. The number of rotatable bonds is 4. The molecule has 3 rings (SSSR count). The van der Waals surface area contributed by atoms with Crippen molar-refractivity contribution in [1.82, 2.24) is 0 Å². The molecule has 134 valence electrons. The van der Waals surface area contributed by atoms with E-state index in [1.807, 2.05) is 0 Å². The van der Waals surface area contributed by atoms with Gasteiger partial charge >= 0.3 is 11.9 Å². The van der Waals surface area contributed by atoms with Crippen LogP contribution in [0.1, 0.15) is 25.0 Å². The van der Waals surface area contributed by atoms with Crippen molar-refractivity contribution in [3.63, 3.8) is 0 Å². The summed E-state index contributed by atoms with van der Waals surface area (Å²) in [5, 5.41) is 0. The first-order chi connectivity index (χ1) is 12.3. The second kappa shape index (κ2) is 7.00. The molecule has 0 N–H and O–H groups in total. The lowest BCUT2D eigenvalue weighted by Crippen LogP contribution is -2.41. The molecule has 0 unspecified atom stereocenters. The summed E-state index contributed by atoms with van der Waals surface area (Å²) < 4.78 is 28.6. The van der Waals surface area contributed by atoms with Crippen LogP contribution in [0.4, 0.5) is 4.39 Å². The van der Waals surface area contributed by atoms with Gasteiger partial charge in [0.2, 0.25) is 0 Å². The Morgan fingerprint density at radius 3 is 2.12 bits per heavy atom. The Kier molecular flexibility index (Phi) is 4.75. The summed E-state index contributed by atoms with van der Waals surface area (Å²) in [4.78, 5) is 23.9. The number of halogens is 1. The van der Waals surface area contributed by atoms with Gasteiger partial charge in [0, 0.05) is 13.8 Å². The monoisotopic (exact) mass is 356 g/mol. The molecule has 0 aromatic heterocycles. The number of esters is 2. The van der Waals surface area contributed by atoms with Crippen LogP contribution in [0, 0.1) is 5.82 Å². The zero-order valence-corrected chi connectivity index (χ0v) is 14.3. The number of hydrogen-bond acceptors (Lipinski definition) is 5. The number of carbonyl (C=O) groups excluding carboxylic acids is 2. The van der Waals surface area contributed by atoms with E-state index in [2.05, 4.69) is 0 Å². The average Bonchev–Trinajstić information content (AvgIpc) is 2.58. The van der Waals surface area contributed by atoms with Crippen molar-refractivity contribution in [2.24, 2.45) is 0 Å². The van der Waals surface area contributed by atoms with Crippen LogP contribution in [-0.4, -0.2) is 17.7 Å². The Balaban J connectivity index is 1.66. The minimum atomic E-state index is -1.26. The van der Waals surface area contributed by atoms with Gasteiger partial charge in [-0.3, -0.25) is 0 Å². The highest BCUT2D eigenvalue weighted by atomic mass is 19.1. The van der Waals surface area contributed by atoms with E-state index in [1.165, 1.54) is 32.1 Å². The van der Waals surface area contributed by atoms with Gasteiger partial charge in [0.05, 0.1) is 0 Å². The van der Waals surface area contributed by atoms with Crippen LogP contribution in [0.15, 0.2) is 54.1 Å². The number of ether oxygens (including phenoxy) is 3. The van der Waals surface area contributed by atoms with E-state index in [0.717, 1.165) is 5.56 Å². The van der Waals surface area contributed by atoms with Gasteiger partial charge in [0.1, 0.15) is 23.7 Å². The molecule has 0 amide bonds. The molecule has 1 aliphatic heterocycles. The molecule has 26 heavy (non-hydrogen) atoms. The summed E-state index contributed by atoms with van der Waals surface area (Å²) in [5.74, 6) is -2.39. The molecule has 0 atom stereocenters. The second-order valence-corrected chi connectivity index (χ2v) is 6.22. The third kappa shape index (κ3) is 4.27. The Morgan fingerprint density at radius 1 is 0.962 bits per heavy atom. The molecule has 0 aliphatic carbocycles. The van der Waals surface area contributed by atoms with Gasteiger partial charge < -0.3 is 14.2 Å². The highest BCUT2D eigenvalue weighted by Gasteiger charge is 2.38. The number of carbonyl (C=O) groups is 2. The Bertz CT molecular complexity index is 829. The molecular formula is C20H17FO5. The lowest BCUT2D eigenvalue weighted by molar-refractivity contribution is -0.222. The highest BCUT2D eigenvalue weighted by molar-refractivity contribution is 6.18. The Labute approximate surface area is 150 Å². The van der Waals surface area contributed by atoms with E-state index in [4.69, 9.17) is 14.2 Å². The fourth-order valence-corrected chi connectivity index (χ4v) is 2.35. The van der Waals surface area contributed by atoms with Gasteiger partial charge in [0.25, 0.3) is 5.79 Å². The molecule has 1 saturated heterocycles. The number of benzene rings is 2. The number of hydrogen-bond donors (Lipinski definition) is 0. The molecule has 1 aliphatic rings. The minimum Gasteiger partial charge on any atom is -0.489 e. The van der Waals surface area contributed by atoms with E-state index >= 15 is 0 Å². The number of cyclic esters (lactones) is 2. The first kappa shape index (κ1) is 17.7. The first-order valence-electron chi connectivity index (χ1n) is 7.98. The SMILES string of the molecule is CC1(C)OC(=O)C(=Cc2ccc(OCc3ccc(F)cc3)cc2)C(=O)O1. The van der Waals surface area contributed by atoms with Gasteiger partial charge in [0.15, 0.2) is 0 Å². The van der Waals surface area contributed by atoms with Crippen LogP contribution < -0.4 is 4.74 Å². The summed E-state index contributed by atoms with van der Waals surface area (Å²) in [6.45, 7) is 3.29. The van der Waals surface area contributed by atoms with Gasteiger partial charge in [-0.25, -0.2) is 14.0 Å². The third-order valence-corrected chi connectivity index (χ3v) is 3.63. The van der Waals surface area contributed by atoms with Crippen molar-refractivity contribution in [3.05, 3.63) is 71.0 Å². The van der Waals surface area contributed by atoms with Crippen molar-refractivity contribution < 1.29 is 28.2 Å². The molecule has 0 radical (unpaired) electrons. The lowest BCUT2D eigenvalue weighted by Gasteiger charge is -2.29. The normalized spacial score (nSPS) is 15.9. The molecule has 6 heteroatoms. The van der Waals surface area contributed by atoms with E-state index in [-0.39, 0.29) is 11.4 Å². The Morgan fingerprint density at radius 2 is 1.54 bits per heavy atom. The van der Waals surface area contributed by atoms with Crippen molar-refractivity contribution in [2.45, 2.75) is 26.2 Å². The highest BCUT2D eigenvalue weighted by Crippen LogP contribution is 2.24. The van der Waals surface area contributed by atoms with Gasteiger partial charge in [-0.05, 0) is 41.5 Å². The van der Waals surface area contributed by atoms with Crippen molar-refractivity contribution >= 4 is 18.0 Å². The molecule has 0 spiro atoms. The van der Waals surface area contributed by atoms with E-state index < -0.39 is 17.7 Å². The summed E-state index contributed by atoms with van der Waals surface area (Å²) >= 11 is 0. The van der Waals surface area contributed by atoms with Gasteiger partial charge in [-0.15, -0.1) is 0 Å². The van der Waals surface area contributed by atoms with Crippen LogP contribution >= 0.6 is 0 Å².